The van der Waals surface area contributed by atoms with E-state index in [4.69, 9.17) is 5.73 Å². The molecule has 0 radical (unpaired) electrons. The van der Waals surface area contributed by atoms with Crippen molar-refractivity contribution in [3.8, 4) is 0 Å². The van der Waals surface area contributed by atoms with Crippen LogP contribution in [0, 0.1) is 29.1 Å². The molecular weight excluding hydrogens is 354 g/mol. The zero-order chi connectivity index (χ0) is 19.5. The molecule has 6 nitrogen and oxygen atoms in total. The van der Waals surface area contributed by atoms with Gasteiger partial charge in [0, 0.05) is 25.6 Å². The second kappa shape index (κ2) is 6.74. The minimum absolute atomic E-state index is 0.0958. The van der Waals surface area contributed by atoms with Gasteiger partial charge in [0.05, 0.1) is 5.41 Å². The van der Waals surface area contributed by atoms with Crippen LogP contribution >= 0.6 is 0 Å². The van der Waals surface area contributed by atoms with Crippen molar-refractivity contribution in [2.75, 3.05) is 19.6 Å². The standard InChI is InChI=1S/C22H33N3O3/c23-19(26)17-3-6-24(7-4-17)20(27)18-2-1-5-25(18)21(28)22-11-14-8-15(12-22)10-16(9-14)13-22/h14-18H,1-13H2,(H2,23,26). The summed E-state index contributed by atoms with van der Waals surface area (Å²) in [6.07, 6.45) is 10.1. The molecule has 6 aliphatic rings. The Labute approximate surface area is 167 Å². The van der Waals surface area contributed by atoms with Gasteiger partial charge in [0.1, 0.15) is 6.04 Å². The Hall–Kier alpha value is -1.59. The second-order valence-corrected chi connectivity index (χ2v) is 10.4. The summed E-state index contributed by atoms with van der Waals surface area (Å²) in [4.78, 5) is 42.2. The first kappa shape index (κ1) is 18.4. The minimum Gasteiger partial charge on any atom is -0.369 e. The summed E-state index contributed by atoms with van der Waals surface area (Å²) in [7, 11) is 0. The van der Waals surface area contributed by atoms with E-state index < -0.39 is 0 Å². The molecule has 2 N–H and O–H groups in total. The maximum absolute atomic E-state index is 13.7. The SMILES string of the molecule is NC(=O)C1CCN(C(=O)C2CCCN2C(=O)C23CC4CC(CC(C4)C2)C3)CC1. The average Bonchev–Trinajstić information content (AvgIpc) is 3.15. The van der Waals surface area contributed by atoms with Gasteiger partial charge in [-0.2, -0.15) is 0 Å². The molecule has 0 aromatic rings. The van der Waals surface area contributed by atoms with Crippen LogP contribution in [0.3, 0.4) is 0 Å². The van der Waals surface area contributed by atoms with E-state index in [1.165, 1.54) is 19.3 Å². The predicted molar refractivity (Wildman–Crippen MR) is 104 cm³/mol. The van der Waals surface area contributed by atoms with Gasteiger partial charge in [-0.3, -0.25) is 14.4 Å². The number of hydrogen-bond acceptors (Lipinski definition) is 3. The van der Waals surface area contributed by atoms with E-state index >= 15 is 0 Å². The number of carbonyl (C=O) groups excluding carboxylic acids is 3. The van der Waals surface area contributed by atoms with E-state index in [1.807, 2.05) is 9.80 Å². The maximum Gasteiger partial charge on any atom is 0.245 e. The van der Waals surface area contributed by atoms with Gasteiger partial charge in [0.2, 0.25) is 17.7 Å². The molecule has 6 rings (SSSR count). The molecule has 2 heterocycles. The molecular formula is C22H33N3O3. The van der Waals surface area contributed by atoms with E-state index in [1.54, 1.807) is 0 Å². The molecule has 1 unspecified atom stereocenters. The summed E-state index contributed by atoms with van der Waals surface area (Å²) in [6.45, 7) is 1.90. The smallest absolute Gasteiger partial charge is 0.245 e. The van der Waals surface area contributed by atoms with Crippen molar-refractivity contribution >= 4 is 17.7 Å². The molecule has 3 amide bonds. The van der Waals surface area contributed by atoms with E-state index in [9.17, 15) is 14.4 Å². The topological polar surface area (TPSA) is 83.7 Å². The fourth-order valence-corrected chi connectivity index (χ4v) is 7.54. The molecule has 4 aliphatic carbocycles. The molecule has 2 saturated heterocycles. The minimum atomic E-state index is -0.286. The van der Waals surface area contributed by atoms with Crippen LogP contribution in [-0.2, 0) is 14.4 Å². The van der Waals surface area contributed by atoms with Crippen molar-refractivity contribution in [1.82, 2.24) is 9.80 Å². The van der Waals surface area contributed by atoms with Gasteiger partial charge in [-0.05, 0) is 82.0 Å². The normalized spacial score (nSPS) is 40.1. The van der Waals surface area contributed by atoms with Gasteiger partial charge in [0.25, 0.3) is 0 Å². The molecule has 28 heavy (non-hydrogen) atoms. The lowest BCUT2D eigenvalue weighted by Crippen LogP contribution is -2.58. The number of nitrogens with two attached hydrogens (primary N) is 1. The lowest BCUT2D eigenvalue weighted by atomic mass is 9.49. The van der Waals surface area contributed by atoms with E-state index in [0.29, 0.717) is 25.9 Å². The van der Waals surface area contributed by atoms with Crippen molar-refractivity contribution in [2.45, 2.75) is 70.3 Å². The highest BCUT2D eigenvalue weighted by atomic mass is 16.2. The Balaban J connectivity index is 1.29. The molecule has 1 atom stereocenters. The third kappa shape index (κ3) is 2.94. The predicted octanol–water partition coefficient (Wildman–Crippen LogP) is 1.92. The number of carbonyl (C=O) groups is 3. The fourth-order valence-electron chi connectivity index (χ4n) is 7.54. The van der Waals surface area contributed by atoms with E-state index in [2.05, 4.69) is 0 Å². The van der Waals surface area contributed by atoms with Crippen LogP contribution in [0.5, 0.6) is 0 Å². The summed E-state index contributed by atoms with van der Waals surface area (Å²) < 4.78 is 0. The Bertz CT molecular complexity index is 647. The number of primary amides is 1. The van der Waals surface area contributed by atoms with E-state index in [-0.39, 0.29) is 35.1 Å². The summed E-state index contributed by atoms with van der Waals surface area (Å²) in [5, 5.41) is 0. The molecule has 0 aromatic heterocycles. The maximum atomic E-state index is 13.7. The molecule has 154 valence electrons. The van der Waals surface area contributed by atoms with Crippen LogP contribution in [0.4, 0.5) is 0 Å². The summed E-state index contributed by atoms with van der Waals surface area (Å²) >= 11 is 0. The van der Waals surface area contributed by atoms with Crippen LogP contribution in [-0.4, -0.2) is 53.2 Å². The number of rotatable bonds is 3. The Kier molecular flexibility index (Phi) is 4.44. The Morgan fingerprint density at radius 3 is 1.93 bits per heavy atom. The fraction of sp³-hybridized carbons (Fsp3) is 0.864. The highest BCUT2D eigenvalue weighted by Gasteiger charge is 2.57. The van der Waals surface area contributed by atoms with Crippen molar-refractivity contribution in [3.05, 3.63) is 0 Å². The van der Waals surface area contributed by atoms with Gasteiger partial charge in [0.15, 0.2) is 0 Å². The van der Waals surface area contributed by atoms with Crippen LogP contribution in [0.1, 0.15) is 64.2 Å². The van der Waals surface area contributed by atoms with Crippen LogP contribution in [0.15, 0.2) is 0 Å². The number of nitrogens with zero attached hydrogens (tertiary/aromatic N) is 2. The quantitative estimate of drug-likeness (QED) is 0.803. The van der Waals surface area contributed by atoms with Gasteiger partial charge in [-0.15, -0.1) is 0 Å². The molecule has 6 fully saturated rings. The van der Waals surface area contributed by atoms with Crippen LogP contribution < -0.4 is 5.73 Å². The third-order valence-electron chi connectivity index (χ3n) is 8.50. The lowest BCUT2D eigenvalue weighted by Gasteiger charge is -2.56. The molecule has 0 aromatic carbocycles. The molecule has 0 spiro atoms. The van der Waals surface area contributed by atoms with Gasteiger partial charge < -0.3 is 15.5 Å². The number of hydrogen-bond donors (Lipinski definition) is 1. The van der Waals surface area contributed by atoms with Crippen LogP contribution in [0.2, 0.25) is 0 Å². The third-order valence-corrected chi connectivity index (χ3v) is 8.50. The van der Waals surface area contributed by atoms with Gasteiger partial charge in [-0.1, -0.05) is 0 Å². The highest BCUT2D eigenvalue weighted by Crippen LogP contribution is 2.60. The summed E-state index contributed by atoms with van der Waals surface area (Å²) in [5.41, 5.74) is 5.25. The van der Waals surface area contributed by atoms with Crippen molar-refractivity contribution < 1.29 is 14.4 Å². The number of piperidine rings is 1. The first-order valence-electron chi connectivity index (χ1n) is 11.3. The first-order valence-corrected chi connectivity index (χ1v) is 11.3. The molecule has 2 aliphatic heterocycles. The first-order chi connectivity index (χ1) is 13.4. The summed E-state index contributed by atoms with van der Waals surface area (Å²) in [5.74, 6) is 2.22. The Morgan fingerprint density at radius 1 is 0.821 bits per heavy atom. The largest absolute Gasteiger partial charge is 0.369 e. The van der Waals surface area contributed by atoms with Crippen molar-refractivity contribution in [3.63, 3.8) is 0 Å². The van der Waals surface area contributed by atoms with Gasteiger partial charge >= 0.3 is 0 Å². The average molecular weight is 388 g/mol. The number of amides is 3. The van der Waals surface area contributed by atoms with E-state index in [0.717, 1.165) is 56.4 Å². The van der Waals surface area contributed by atoms with Crippen molar-refractivity contribution in [1.29, 1.82) is 0 Å². The molecule has 4 bridgehead atoms. The molecule has 6 heteroatoms. The highest BCUT2D eigenvalue weighted by molar-refractivity contribution is 5.91. The second-order valence-electron chi connectivity index (χ2n) is 10.4. The molecule has 4 saturated carbocycles. The Morgan fingerprint density at radius 2 is 1.39 bits per heavy atom. The monoisotopic (exact) mass is 387 g/mol. The van der Waals surface area contributed by atoms with Gasteiger partial charge in [-0.25, -0.2) is 0 Å². The zero-order valence-corrected chi connectivity index (χ0v) is 16.8. The van der Waals surface area contributed by atoms with Crippen LogP contribution in [0.25, 0.3) is 0 Å². The zero-order valence-electron chi connectivity index (χ0n) is 16.8. The lowest BCUT2D eigenvalue weighted by molar-refractivity contribution is -0.162. The van der Waals surface area contributed by atoms with Crippen molar-refractivity contribution in [2.24, 2.45) is 34.8 Å². The number of likely N-dealkylation sites (tertiary alicyclic amines) is 2. The summed E-state index contributed by atoms with van der Waals surface area (Å²) in [6, 6.07) is -0.286.